The second-order valence-corrected chi connectivity index (χ2v) is 3.92. The van der Waals surface area contributed by atoms with Crippen LogP contribution in [0.5, 0.6) is 0 Å². The standard InChI is InChI=1S/C9H13BrO4/c1-4-13-8(11)6(2)5-14-9(12)7(3)10/h7H,2,4-5H2,1,3H3. The molecular formula is C9H13BrO4. The molecule has 0 aliphatic carbocycles. The van der Waals surface area contributed by atoms with Crippen LogP contribution in [0.15, 0.2) is 12.2 Å². The molecule has 5 heteroatoms. The number of carbonyl (C=O) groups excluding carboxylic acids is 2. The van der Waals surface area contributed by atoms with Crippen molar-refractivity contribution < 1.29 is 19.1 Å². The minimum absolute atomic E-state index is 0.131. The van der Waals surface area contributed by atoms with Crippen molar-refractivity contribution in [3.05, 3.63) is 12.2 Å². The van der Waals surface area contributed by atoms with Gasteiger partial charge in [0, 0.05) is 0 Å². The zero-order valence-electron chi connectivity index (χ0n) is 8.21. The first kappa shape index (κ1) is 13.2. The Kier molecular flexibility index (Phi) is 6.19. The minimum atomic E-state index is -0.539. The fourth-order valence-electron chi connectivity index (χ4n) is 0.565. The summed E-state index contributed by atoms with van der Waals surface area (Å²) in [6.45, 7) is 6.91. The number of carbonyl (C=O) groups is 2. The molecule has 0 N–H and O–H groups in total. The van der Waals surface area contributed by atoms with E-state index >= 15 is 0 Å². The predicted octanol–water partition coefficient (Wildman–Crippen LogP) is 1.43. The van der Waals surface area contributed by atoms with E-state index < -0.39 is 16.8 Å². The van der Waals surface area contributed by atoms with Crippen LogP contribution in [0.25, 0.3) is 0 Å². The van der Waals surface area contributed by atoms with E-state index in [1.807, 2.05) is 0 Å². The molecular weight excluding hydrogens is 252 g/mol. The molecule has 0 aliphatic heterocycles. The van der Waals surface area contributed by atoms with Crippen LogP contribution < -0.4 is 0 Å². The first-order valence-corrected chi connectivity index (χ1v) is 5.06. The Balaban J connectivity index is 3.85. The van der Waals surface area contributed by atoms with E-state index in [0.29, 0.717) is 0 Å². The average Bonchev–Trinajstić information content (AvgIpc) is 2.13. The van der Waals surface area contributed by atoms with Crippen molar-refractivity contribution in [1.29, 1.82) is 0 Å². The van der Waals surface area contributed by atoms with Crippen molar-refractivity contribution in [2.24, 2.45) is 0 Å². The molecule has 0 spiro atoms. The Morgan fingerprint density at radius 3 is 2.43 bits per heavy atom. The maximum absolute atomic E-state index is 11.0. The number of ether oxygens (including phenoxy) is 2. The Morgan fingerprint density at radius 1 is 1.43 bits per heavy atom. The fourth-order valence-corrected chi connectivity index (χ4v) is 0.697. The number of rotatable bonds is 5. The van der Waals surface area contributed by atoms with Crippen molar-refractivity contribution in [3.63, 3.8) is 0 Å². The molecule has 0 saturated heterocycles. The highest BCUT2D eigenvalue weighted by atomic mass is 79.9. The zero-order chi connectivity index (χ0) is 11.1. The van der Waals surface area contributed by atoms with Crippen molar-refractivity contribution >= 4 is 27.9 Å². The third-order valence-corrected chi connectivity index (χ3v) is 1.65. The van der Waals surface area contributed by atoms with Crippen LogP contribution in [0.4, 0.5) is 0 Å². The van der Waals surface area contributed by atoms with Crippen LogP contribution in [0.2, 0.25) is 0 Å². The van der Waals surface area contributed by atoms with Gasteiger partial charge in [0.15, 0.2) is 0 Å². The Morgan fingerprint density at radius 2 is 2.00 bits per heavy atom. The van der Waals surface area contributed by atoms with Crippen molar-refractivity contribution in [2.45, 2.75) is 18.7 Å². The molecule has 14 heavy (non-hydrogen) atoms. The molecule has 1 atom stereocenters. The maximum Gasteiger partial charge on any atom is 0.336 e. The summed E-state index contributed by atoms with van der Waals surface area (Å²) in [5.41, 5.74) is 0.133. The lowest BCUT2D eigenvalue weighted by molar-refractivity contribution is -0.143. The van der Waals surface area contributed by atoms with Gasteiger partial charge in [0.05, 0.1) is 12.2 Å². The molecule has 0 fully saturated rings. The second kappa shape index (κ2) is 6.59. The lowest BCUT2D eigenvalue weighted by atomic mass is 10.3. The highest BCUT2D eigenvalue weighted by Gasteiger charge is 2.13. The van der Waals surface area contributed by atoms with E-state index in [9.17, 15) is 9.59 Å². The molecule has 4 nitrogen and oxygen atoms in total. The smallest absolute Gasteiger partial charge is 0.336 e. The number of hydrogen-bond acceptors (Lipinski definition) is 4. The second-order valence-electron chi connectivity index (χ2n) is 2.55. The number of alkyl halides is 1. The first-order valence-electron chi connectivity index (χ1n) is 4.14. The van der Waals surface area contributed by atoms with E-state index in [2.05, 4.69) is 27.2 Å². The van der Waals surface area contributed by atoms with E-state index in [0.717, 1.165) is 0 Å². The third kappa shape index (κ3) is 5.01. The molecule has 0 saturated carbocycles. The van der Waals surface area contributed by atoms with Gasteiger partial charge in [0.1, 0.15) is 11.4 Å². The van der Waals surface area contributed by atoms with E-state index in [1.54, 1.807) is 13.8 Å². The number of hydrogen-bond donors (Lipinski definition) is 0. The lowest BCUT2D eigenvalue weighted by Gasteiger charge is -2.07. The van der Waals surface area contributed by atoms with Crippen LogP contribution in [0.3, 0.4) is 0 Å². The van der Waals surface area contributed by atoms with Crippen LogP contribution >= 0.6 is 15.9 Å². The fraction of sp³-hybridized carbons (Fsp3) is 0.556. The van der Waals surface area contributed by atoms with Crippen molar-refractivity contribution in [3.8, 4) is 0 Å². The zero-order valence-corrected chi connectivity index (χ0v) is 9.80. The normalized spacial score (nSPS) is 11.6. The monoisotopic (exact) mass is 264 g/mol. The number of esters is 2. The maximum atomic E-state index is 11.0. The van der Waals surface area contributed by atoms with E-state index in [1.165, 1.54) is 0 Å². The summed E-state index contributed by atoms with van der Waals surface area (Å²) in [6.07, 6.45) is 0. The van der Waals surface area contributed by atoms with Gasteiger partial charge in [-0.15, -0.1) is 0 Å². The Hall–Kier alpha value is -0.840. The molecule has 0 amide bonds. The van der Waals surface area contributed by atoms with Gasteiger partial charge in [-0.3, -0.25) is 4.79 Å². The van der Waals surface area contributed by atoms with Crippen molar-refractivity contribution in [2.75, 3.05) is 13.2 Å². The summed E-state index contributed by atoms with van der Waals surface area (Å²) in [5.74, 6) is -0.974. The summed E-state index contributed by atoms with van der Waals surface area (Å²) < 4.78 is 9.40. The molecule has 80 valence electrons. The SMILES string of the molecule is C=C(COC(=O)C(C)Br)C(=O)OCC. The Bertz CT molecular complexity index is 235. The minimum Gasteiger partial charge on any atom is -0.463 e. The van der Waals surface area contributed by atoms with Crippen LogP contribution in [-0.4, -0.2) is 30.0 Å². The van der Waals surface area contributed by atoms with Gasteiger partial charge < -0.3 is 9.47 Å². The van der Waals surface area contributed by atoms with E-state index in [4.69, 9.17) is 4.74 Å². The first-order chi connectivity index (χ1) is 6.49. The summed E-state index contributed by atoms with van der Waals surface area (Å²) in [5, 5.41) is 0. The molecule has 0 aliphatic rings. The highest BCUT2D eigenvalue weighted by Crippen LogP contribution is 2.02. The average molecular weight is 265 g/mol. The van der Waals surface area contributed by atoms with Gasteiger partial charge >= 0.3 is 11.9 Å². The summed E-state index contributed by atoms with van der Waals surface area (Å²) in [4.78, 5) is 21.6. The topological polar surface area (TPSA) is 52.6 Å². The molecule has 0 bridgehead atoms. The summed E-state index contributed by atoms with van der Waals surface area (Å²) in [7, 11) is 0. The summed E-state index contributed by atoms with van der Waals surface area (Å²) in [6, 6.07) is 0. The lowest BCUT2D eigenvalue weighted by Crippen LogP contribution is -2.18. The molecule has 0 radical (unpaired) electrons. The van der Waals surface area contributed by atoms with Crippen LogP contribution in [0, 0.1) is 0 Å². The van der Waals surface area contributed by atoms with Gasteiger partial charge in [-0.2, -0.15) is 0 Å². The van der Waals surface area contributed by atoms with Crippen molar-refractivity contribution in [1.82, 2.24) is 0 Å². The molecule has 0 aromatic heterocycles. The van der Waals surface area contributed by atoms with E-state index in [-0.39, 0.29) is 18.8 Å². The van der Waals surface area contributed by atoms with Gasteiger partial charge in [-0.25, -0.2) is 4.79 Å². The predicted molar refractivity (Wildman–Crippen MR) is 55.1 cm³/mol. The number of halogens is 1. The molecule has 0 aromatic rings. The van der Waals surface area contributed by atoms with Gasteiger partial charge in [-0.05, 0) is 13.8 Å². The highest BCUT2D eigenvalue weighted by molar-refractivity contribution is 9.10. The van der Waals surface area contributed by atoms with Gasteiger partial charge in [-0.1, -0.05) is 22.5 Å². The summed E-state index contributed by atoms with van der Waals surface area (Å²) >= 11 is 3.04. The van der Waals surface area contributed by atoms with Crippen LogP contribution in [0.1, 0.15) is 13.8 Å². The largest absolute Gasteiger partial charge is 0.463 e. The van der Waals surface area contributed by atoms with Gasteiger partial charge in [0.25, 0.3) is 0 Å². The Labute approximate surface area is 91.4 Å². The molecule has 0 heterocycles. The molecule has 0 aromatic carbocycles. The quantitative estimate of drug-likeness (QED) is 0.428. The van der Waals surface area contributed by atoms with Gasteiger partial charge in [0.2, 0.25) is 0 Å². The molecule has 0 rings (SSSR count). The third-order valence-electron chi connectivity index (χ3n) is 1.28. The molecule has 1 unspecified atom stereocenters. The van der Waals surface area contributed by atoms with Crippen LogP contribution in [-0.2, 0) is 19.1 Å².